The molecule has 3 rings (SSSR count). The number of methoxy groups -OCH3 is 1. The summed E-state index contributed by atoms with van der Waals surface area (Å²) in [5, 5.41) is 12.3. The molecule has 0 saturated carbocycles. The average molecular weight is 400 g/mol. The lowest BCUT2D eigenvalue weighted by Crippen LogP contribution is -2.36. The molecular formula is C25H24N2O3. The maximum absolute atomic E-state index is 12.8. The largest absolute Gasteiger partial charge is 0.496 e. The maximum Gasteiger partial charge on any atom is 0.322 e. The zero-order valence-corrected chi connectivity index (χ0v) is 16.8. The lowest BCUT2D eigenvalue weighted by Gasteiger charge is -2.23. The minimum atomic E-state index is -0.303. The summed E-state index contributed by atoms with van der Waals surface area (Å²) in [6.07, 6.45) is 0. The number of rotatable bonds is 6. The molecule has 2 amide bonds. The van der Waals surface area contributed by atoms with Crippen molar-refractivity contribution in [2.45, 2.75) is 6.54 Å². The van der Waals surface area contributed by atoms with Crippen molar-refractivity contribution in [3.63, 3.8) is 0 Å². The molecule has 2 N–H and O–H groups in total. The molecule has 0 saturated heterocycles. The Morgan fingerprint density at radius 1 is 0.967 bits per heavy atom. The normalized spacial score (nSPS) is 9.93. The summed E-state index contributed by atoms with van der Waals surface area (Å²) in [6.45, 7) is 0.395. The first kappa shape index (κ1) is 21.0. The van der Waals surface area contributed by atoms with Crippen molar-refractivity contribution in [2.24, 2.45) is 0 Å². The molecule has 0 radical (unpaired) electrons. The molecule has 0 unspecified atom stereocenters. The number of carbonyl (C=O) groups is 1. The van der Waals surface area contributed by atoms with Crippen molar-refractivity contribution in [1.82, 2.24) is 4.90 Å². The Morgan fingerprint density at radius 2 is 1.67 bits per heavy atom. The van der Waals surface area contributed by atoms with E-state index in [1.54, 1.807) is 12.0 Å². The number of nitrogens with one attached hydrogen (secondary N) is 1. The van der Waals surface area contributed by atoms with Gasteiger partial charge in [-0.25, -0.2) is 4.79 Å². The summed E-state index contributed by atoms with van der Waals surface area (Å²) in [7, 11) is 1.59. The maximum atomic E-state index is 12.8. The second-order valence-corrected chi connectivity index (χ2v) is 6.58. The molecule has 0 aromatic heterocycles. The highest BCUT2D eigenvalue weighted by molar-refractivity contribution is 5.89. The summed E-state index contributed by atoms with van der Waals surface area (Å²) in [5.74, 6) is 6.92. The standard InChI is InChI=1S/C25H24N2O3/c1-30-24-13-6-5-11-22(24)19-27(16-17-28)25(29)26-23-12-7-10-21(18-23)15-14-20-8-3-2-4-9-20/h2-13,18,28H,16-17,19H2,1H3,(H,26,29). The van der Waals surface area contributed by atoms with Gasteiger partial charge in [-0.1, -0.05) is 54.3 Å². The number of anilines is 1. The van der Waals surface area contributed by atoms with Crippen LogP contribution in [0.2, 0.25) is 0 Å². The predicted octanol–water partition coefficient (Wildman–Crippen LogP) is 4.12. The zero-order valence-electron chi connectivity index (χ0n) is 16.8. The smallest absolute Gasteiger partial charge is 0.322 e. The van der Waals surface area contributed by atoms with Gasteiger partial charge in [0.1, 0.15) is 5.75 Å². The third-order valence-electron chi connectivity index (χ3n) is 4.45. The van der Waals surface area contributed by atoms with Gasteiger partial charge in [0.05, 0.1) is 20.3 Å². The van der Waals surface area contributed by atoms with Gasteiger partial charge in [0, 0.05) is 28.9 Å². The lowest BCUT2D eigenvalue weighted by molar-refractivity contribution is 0.184. The molecule has 0 aliphatic rings. The fourth-order valence-corrected chi connectivity index (χ4v) is 2.96. The van der Waals surface area contributed by atoms with Crippen LogP contribution in [0.5, 0.6) is 5.75 Å². The van der Waals surface area contributed by atoms with E-state index in [1.807, 2.05) is 78.9 Å². The topological polar surface area (TPSA) is 61.8 Å². The second kappa shape index (κ2) is 10.7. The number of urea groups is 1. The monoisotopic (exact) mass is 400 g/mol. The average Bonchev–Trinajstić information content (AvgIpc) is 2.78. The third kappa shape index (κ3) is 5.87. The van der Waals surface area contributed by atoms with Crippen LogP contribution >= 0.6 is 0 Å². The molecule has 30 heavy (non-hydrogen) atoms. The highest BCUT2D eigenvalue weighted by atomic mass is 16.5. The van der Waals surface area contributed by atoms with Gasteiger partial charge in [-0.05, 0) is 36.4 Å². The SMILES string of the molecule is COc1ccccc1CN(CCO)C(=O)Nc1cccc(C#Cc2ccccc2)c1. The molecule has 5 nitrogen and oxygen atoms in total. The molecule has 152 valence electrons. The number of benzene rings is 3. The van der Waals surface area contributed by atoms with Gasteiger partial charge in [0.2, 0.25) is 0 Å². The third-order valence-corrected chi connectivity index (χ3v) is 4.45. The number of aliphatic hydroxyl groups is 1. The molecule has 3 aromatic rings. The minimum absolute atomic E-state index is 0.134. The first-order valence-corrected chi connectivity index (χ1v) is 9.65. The molecule has 0 aliphatic carbocycles. The number of para-hydroxylation sites is 1. The number of aliphatic hydroxyl groups excluding tert-OH is 1. The number of ether oxygens (including phenoxy) is 1. The number of carbonyl (C=O) groups excluding carboxylic acids is 1. The lowest BCUT2D eigenvalue weighted by atomic mass is 10.1. The molecular weight excluding hydrogens is 376 g/mol. The van der Waals surface area contributed by atoms with Crippen LogP contribution in [0.15, 0.2) is 78.9 Å². The summed E-state index contributed by atoms with van der Waals surface area (Å²) in [4.78, 5) is 14.4. The molecule has 0 aliphatic heterocycles. The Hall–Kier alpha value is -3.75. The van der Waals surface area contributed by atoms with Crippen molar-refractivity contribution >= 4 is 11.7 Å². The van der Waals surface area contributed by atoms with Gasteiger partial charge in [-0.2, -0.15) is 0 Å². The van der Waals surface area contributed by atoms with Crippen LogP contribution in [0.4, 0.5) is 10.5 Å². The van der Waals surface area contributed by atoms with Crippen molar-refractivity contribution in [2.75, 3.05) is 25.6 Å². The van der Waals surface area contributed by atoms with Crippen LogP contribution in [0.3, 0.4) is 0 Å². The van der Waals surface area contributed by atoms with E-state index in [0.717, 1.165) is 16.7 Å². The van der Waals surface area contributed by atoms with Crippen LogP contribution in [-0.2, 0) is 6.54 Å². The number of nitrogens with zero attached hydrogens (tertiary/aromatic N) is 1. The van der Waals surface area contributed by atoms with Crippen molar-refractivity contribution in [3.05, 3.63) is 95.6 Å². The summed E-state index contributed by atoms with van der Waals surface area (Å²) < 4.78 is 5.37. The predicted molar refractivity (Wildman–Crippen MR) is 118 cm³/mol. The number of hydrogen-bond acceptors (Lipinski definition) is 3. The van der Waals surface area contributed by atoms with Gasteiger partial charge in [0.15, 0.2) is 0 Å². The number of amides is 2. The Bertz CT molecular complexity index is 1040. The fraction of sp³-hybridized carbons (Fsp3) is 0.160. The van der Waals surface area contributed by atoms with E-state index in [1.165, 1.54) is 0 Å². The summed E-state index contributed by atoms with van der Waals surface area (Å²) >= 11 is 0. The second-order valence-electron chi connectivity index (χ2n) is 6.58. The Labute approximate surface area is 176 Å². The minimum Gasteiger partial charge on any atom is -0.496 e. The first-order valence-electron chi connectivity index (χ1n) is 9.65. The van der Waals surface area contributed by atoms with Crippen LogP contribution in [-0.4, -0.2) is 36.3 Å². The van der Waals surface area contributed by atoms with E-state index in [9.17, 15) is 9.90 Å². The first-order chi connectivity index (χ1) is 14.7. The van der Waals surface area contributed by atoms with E-state index in [4.69, 9.17) is 4.74 Å². The molecule has 0 fully saturated rings. The zero-order chi connectivity index (χ0) is 21.2. The summed E-state index contributed by atoms with van der Waals surface area (Å²) in [5.41, 5.74) is 3.24. The van der Waals surface area contributed by atoms with Gasteiger partial charge >= 0.3 is 6.03 Å². The van der Waals surface area contributed by atoms with Crippen LogP contribution < -0.4 is 10.1 Å². The van der Waals surface area contributed by atoms with Crippen LogP contribution in [0.1, 0.15) is 16.7 Å². The van der Waals surface area contributed by atoms with Gasteiger partial charge in [-0.15, -0.1) is 0 Å². The highest BCUT2D eigenvalue weighted by Gasteiger charge is 2.16. The van der Waals surface area contributed by atoms with Crippen molar-refractivity contribution in [1.29, 1.82) is 0 Å². The van der Waals surface area contributed by atoms with E-state index in [0.29, 0.717) is 18.0 Å². The van der Waals surface area contributed by atoms with Crippen molar-refractivity contribution in [3.8, 4) is 17.6 Å². The van der Waals surface area contributed by atoms with Crippen molar-refractivity contribution < 1.29 is 14.6 Å². The molecule has 3 aromatic carbocycles. The Kier molecular flexibility index (Phi) is 7.48. The highest BCUT2D eigenvalue weighted by Crippen LogP contribution is 2.20. The molecule has 5 heteroatoms. The van der Waals surface area contributed by atoms with Crippen LogP contribution in [0.25, 0.3) is 0 Å². The quantitative estimate of drug-likeness (QED) is 0.612. The molecule has 0 atom stereocenters. The molecule has 0 heterocycles. The molecule has 0 bridgehead atoms. The Balaban J connectivity index is 1.72. The van der Waals surface area contributed by atoms with E-state index in [2.05, 4.69) is 17.2 Å². The molecule has 0 spiro atoms. The summed E-state index contributed by atoms with van der Waals surface area (Å²) in [6, 6.07) is 24.3. The van der Waals surface area contributed by atoms with Crippen LogP contribution in [0, 0.1) is 11.8 Å². The Morgan fingerprint density at radius 3 is 2.43 bits per heavy atom. The van der Waals surface area contributed by atoms with E-state index >= 15 is 0 Å². The van der Waals surface area contributed by atoms with E-state index in [-0.39, 0.29) is 19.2 Å². The fourth-order valence-electron chi connectivity index (χ4n) is 2.96. The van der Waals surface area contributed by atoms with Gasteiger partial charge in [-0.3, -0.25) is 0 Å². The van der Waals surface area contributed by atoms with Gasteiger partial charge < -0.3 is 20.1 Å². The number of hydrogen-bond donors (Lipinski definition) is 2. The van der Waals surface area contributed by atoms with E-state index < -0.39 is 0 Å². The van der Waals surface area contributed by atoms with Gasteiger partial charge in [0.25, 0.3) is 0 Å².